The molecule has 10 heteroatoms. The van der Waals surface area contributed by atoms with Crippen LogP contribution in [0.4, 0.5) is 9.80 Å². The van der Waals surface area contributed by atoms with Gasteiger partial charge in [0.15, 0.2) is 0 Å². The minimum atomic E-state index is -0.775. The van der Waals surface area contributed by atoms with Gasteiger partial charge in [-0.3, -0.25) is 19.9 Å². The van der Waals surface area contributed by atoms with Gasteiger partial charge in [-0.25, -0.2) is 4.79 Å². The van der Waals surface area contributed by atoms with Gasteiger partial charge < -0.3 is 15.5 Å². The number of nitrogens with zero attached hydrogens (tertiary/aromatic N) is 2. The predicted octanol–water partition coefficient (Wildman–Crippen LogP) is 3.69. The summed E-state index contributed by atoms with van der Waals surface area (Å²) in [6, 6.07) is 7.32. The first-order chi connectivity index (χ1) is 15.8. The molecule has 0 bridgehead atoms. The van der Waals surface area contributed by atoms with E-state index in [9.17, 15) is 14.4 Å². The van der Waals surface area contributed by atoms with E-state index in [-0.39, 0.29) is 17.8 Å². The number of aliphatic imine (C=N–C) groups is 1. The highest BCUT2D eigenvalue weighted by Gasteiger charge is 2.46. The van der Waals surface area contributed by atoms with E-state index in [0.717, 1.165) is 15.9 Å². The van der Waals surface area contributed by atoms with Crippen molar-refractivity contribution in [2.75, 3.05) is 30.7 Å². The molecule has 0 radical (unpaired) electrons. The quantitative estimate of drug-likeness (QED) is 0.578. The molecule has 176 valence electrons. The summed E-state index contributed by atoms with van der Waals surface area (Å²) >= 11 is 3.13. The smallest absolute Gasteiger partial charge is 0.319 e. The van der Waals surface area contributed by atoms with Crippen molar-refractivity contribution in [1.82, 2.24) is 15.5 Å². The topological polar surface area (TPSA) is 103 Å². The van der Waals surface area contributed by atoms with E-state index in [1.807, 2.05) is 31.2 Å². The lowest BCUT2D eigenvalue weighted by molar-refractivity contribution is -0.125. The average molecular weight is 488 g/mol. The molecule has 2 aromatic rings. The molecule has 0 saturated carbocycles. The van der Waals surface area contributed by atoms with Gasteiger partial charge in [0.2, 0.25) is 0 Å². The number of fused-ring (bicyclic) bond motifs is 1. The van der Waals surface area contributed by atoms with Crippen LogP contribution >= 0.6 is 23.1 Å². The fourth-order valence-corrected chi connectivity index (χ4v) is 5.85. The summed E-state index contributed by atoms with van der Waals surface area (Å²) in [5.41, 5.74) is -0.270. The highest BCUT2D eigenvalue weighted by atomic mass is 32.2. The van der Waals surface area contributed by atoms with E-state index in [1.165, 1.54) is 11.3 Å². The van der Waals surface area contributed by atoms with Gasteiger partial charge >= 0.3 is 6.03 Å². The van der Waals surface area contributed by atoms with Crippen LogP contribution in [0.3, 0.4) is 0 Å². The number of urea groups is 1. The fraction of sp³-hybridized carbons (Fsp3) is 0.478. The summed E-state index contributed by atoms with van der Waals surface area (Å²) in [6.45, 7) is 7.44. The number of carbonyl (C=O) groups excluding carboxylic acids is 3. The maximum Gasteiger partial charge on any atom is 0.319 e. The van der Waals surface area contributed by atoms with Crippen molar-refractivity contribution in [2.45, 2.75) is 44.4 Å². The number of piperidine rings is 1. The van der Waals surface area contributed by atoms with Crippen LogP contribution in [0.25, 0.3) is 10.1 Å². The Balaban J connectivity index is 1.52. The lowest BCUT2D eigenvalue weighted by Crippen LogP contribution is -2.50. The molecule has 33 heavy (non-hydrogen) atoms. The van der Waals surface area contributed by atoms with Crippen molar-refractivity contribution < 1.29 is 14.4 Å². The van der Waals surface area contributed by atoms with E-state index in [2.05, 4.69) is 29.8 Å². The Morgan fingerprint density at radius 2 is 2.00 bits per heavy atom. The Kier molecular flexibility index (Phi) is 6.94. The molecule has 3 heterocycles. The van der Waals surface area contributed by atoms with Crippen LogP contribution in [0.2, 0.25) is 0 Å². The molecular weight excluding hydrogens is 458 g/mol. The third-order valence-electron chi connectivity index (χ3n) is 5.83. The van der Waals surface area contributed by atoms with Gasteiger partial charge in [0, 0.05) is 29.7 Å². The second-order valence-corrected chi connectivity index (χ2v) is 11.1. The highest BCUT2D eigenvalue weighted by Crippen LogP contribution is 2.38. The van der Waals surface area contributed by atoms with Crippen LogP contribution in [0.5, 0.6) is 0 Å². The average Bonchev–Trinajstić information content (AvgIpc) is 3.29. The Morgan fingerprint density at radius 1 is 1.27 bits per heavy atom. The number of likely N-dealkylation sites (tertiary alicyclic amines) is 1. The molecule has 1 aromatic carbocycles. The maximum atomic E-state index is 13.6. The molecule has 0 atom stereocenters. The van der Waals surface area contributed by atoms with Gasteiger partial charge in [-0.2, -0.15) is 11.8 Å². The molecule has 1 spiro atoms. The first kappa shape index (κ1) is 23.6. The van der Waals surface area contributed by atoms with E-state index in [4.69, 9.17) is 4.99 Å². The van der Waals surface area contributed by atoms with Crippen molar-refractivity contribution in [2.24, 2.45) is 4.99 Å². The van der Waals surface area contributed by atoms with E-state index >= 15 is 0 Å². The van der Waals surface area contributed by atoms with Crippen LogP contribution in [-0.2, 0) is 4.79 Å². The zero-order chi connectivity index (χ0) is 23.6. The Morgan fingerprint density at radius 3 is 2.70 bits per heavy atom. The number of rotatable bonds is 6. The van der Waals surface area contributed by atoms with Crippen LogP contribution in [0, 0.1) is 0 Å². The van der Waals surface area contributed by atoms with Crippen molar-refractivity contribution in [3.63, 3.8) is 0 Å². The molecule has 2 aliphatic rings. The molecule has 4 rings (SSSR count). The summed E-state index contributed by atoms with van der Waals surface area (Å²) in [4.78, 5) is 45.0. The minimum absolute atomic E-state index is 0.0615. The molecule has 4 amide bonds. The number of benzene rings is 1. The van der Waals surface area contributed by atoms with Crippen LogP contribution in [0.15, 0.2) is 29.3 Å². The number of anilines is 1. The summed E-state index contributed by atoms with van der Waals surface area (Å²) in [5.74, 6) is 1.22. The fourth-order valence-electron chi connectivity index (χ4n) is 4.13. The van der Waals surface area contributed by atoms with E-state index in [0.29, 0.717) is 54.0 Å². The maximum absolute atomic E-state index is 13.6. The SMILES string of the molecule is CCNC(=O)Nc1sc2ccccc2c1C(=O)N1CCC2(CC1)N=C(CSC(C)C)NC2=O. The number of thiophene rings is 1. The summed E-state index contributed by atoms with van der Waals surface area (Å²) in [6.07, 6.45) is 0.975. The standard InChI is InChI=1S/C23H29N5O3S2/c1-4-24-22(31)26-19-18(15-7-5-6-8-16(15)33-19)20(29)28-11-9-23(10-12-28)21(30)25-17(27-23)13-32-14(2)3/h5-8,14H,4,9-13H2,1-3H3,(H2,24,26,31)(H,25,27,30). The monoisotopic (exact) mass is 487 g/mol. The molecule has 2 aliphatic heterocycles. The number of hydrogen-bond donors (Lipinski definition) is 3. The van der Waals surface area contributed by atoms with E-state index in [1.54, 1.807) is 16.7 Å². The van der Waals surface area contributed by atoms with Crippen molar-refractivity contribution in [3.05, 3.63) is 29.8 Å². The predicted molar refractivity (Wildman–Crippen MR) is 136 cm³/mol. The second-order valence-electron chi connectivity index (χ2n) is 8.48. The van der Waals surface area contributed by atoms with Crippen molar-refractivity contribution >= 4 is 61.9 Å². The van der Waals surface area contributed by atoms with Crippen LogP contribution < -0.4 is 16.0 Å². The zero-order valence-electron chi connectivity index (χ0n) is 19.1. The van der Waals surface area contributed by atoms with Gasteiger partial charge in [-0.15, -0.1) is 11.3 Å². The lowest BCUT2D eigenvalue weighted by atomic mass is 9.87. The zero-order valence-corrected chi connectivity index (χ0v) is 20.7. The number of thioether (sulfide) groups is 1. The summed E-state index contributed by atoms with van der Waals surface area (Å²) < 4.78 is 0.938. The highest BCUT2D eigenvalue weighted by molar-refractivity contribution is 8.00. The number of nitrogens with one attached hydrogen (secondary N) is 3. The Hall–Kier alpha value is -2.59. The minimum Gasteiger partial charge on any atom is -0.338 e. The largest absolute Gasteiger partial charge is 0.338 e. The molecule has 0 unspecified atom stereocenters. The molecule has 8 nitrogen and oxygen atoms in total. The Labute approximate surface area is 201 Å². The molecule has 3 N–H and O–H groups in total. The third-order valence-corrected chi connectivity index (χ3v) is 8.03. The summed E-state index contributed by atoms with van der Waals surface area (Å²) in [5, 5.41) is 10.3. The van der Waals surface area contributed by atoms with E-state index < -0.39 is 5.54 Å². The molecule has 1 aromatic heterocycles. The molecular formula is C23H29N5O3S2. The van der Waals surface area contributed by atoms with Crippen molar-refractivity contribution in [3.8, 4) is 0 Å². The lowest BCUT2D eigenvalue weighted by Gasteiger charge is -2.35. The molecule has 0 aliphatic carbocycles. The Bertz CT molecular complexity index is 1100. The molecule has 1 fully saturated rings. The van der Waals surface area contributed by atoms with Crippen LogP contribution in [-0.4, -0.2) is 64.8 Å². The van der Waals surface area contributed by atoms with Crippen molar-refractivity contribution in [1.29, 1.82) is 0 Å². The van der Waals surface area contributed by atoms with Gasteiger partial charge in [0.1, 0.15) is 16.4 Å². The van der Waals surface area contributed by atoms with Gasteiger partial charge in [0.25, 0.3) is 11.8 Å². The first-order valence-electron chi connectivity index (χ1n) is 11.2. The van der Waals surface area contributed by atoms with Gasteiger partial charge in [-0.1, -0.05) is 32.0 Å². The number of amides is 4. The third kappa shape index (κ3) is 4.86. The number of hydrogen-bond acceptors (Lipinski definition) is 6. The first-order valence-corrected chi connectivity index (χ1v) is 13.1. The second kappa shape index (κ2) is 9.72. The summed E-state index contributed by atoms with van der Waals surface area (Å²) in [7, 11) is 0. The van der Waals surface area contributed by atoms with Crippen LogP contribution in [0.1, 0.15) is 44.0 Å². The molecule has 1 saturated heterocycles. The normalized spacial score (nSPS) is 17.4. The number of carbonyl (C=O) groups is 3. The van der Waals surface area contributed by atoms with Gasteiger partial charge in [0.05, 0.1) is 11.3 Å². The van der Waals surface area contributed by atoms with Gasteiger partial charge in [-0.05, 0) is 31.1 Å². The number of amidine groups is 1.